The molecule has 0 aliphatic rings. The van der Waals surface area contributed by atoms with E-state index in [1.165, 1.54) is 0 Å². The van der Waals surface area contributed by atoms with E-state index in [1.807, 2.05) is 0 Å². The van der Waals surface area contributed by atoms with Gasteiger partial charge >= 0.3 is 0 Å². The van der Waals surface area contributed by atoms with Crippen LogP contribution in [0.25, 0.3) is 0 Å². The Morgan fingerprint density at radius 1 is 1.08 bits per heavy atom. The van der Waals surface area contributed by atoms with Crippen molar-refractivity contribution in [2.45, 2.75) is 12.7 Å². The van der Waals surface area contributed by atoms with Crippen molar-refractivity contribution >= 4 is 0 Å². The largest absolute Gasteiger partial charge is 0.380 e. The third-order valence-electron chi connectivity index (χ3n) is 1.11. The smallest absolute Gasteiger partial charge is 0.175 e. The summed E-state index contributed by atoms with van der Waals surface area (Å²) < 4.78 is 9.92. The highest BCUT2D eigenvalue weighted by molar-refractivity contribution is 4.37. The molecule has 0 bridgehead atoms. The van der Waals surface area contributed by atoms with Crippen LogP contribution in [-0.4, -0.2) is 49.5 Å². The van der Waals surface area contributed by atoms with Gasteiger partial charge in [0, 0.05) is 19.8 Å². The van der Waals surface area contributed by atoms with E-state index in [4.69, 9.17) is 25.4 Å². The average Bonchev–Trinajstić information content (AvgIpc) is 2.02. The Morgan fingerprint density at radius 2 is 1.75 bits per heavy atom. The summed E-state index contributed by atoms with van der Waals surface area (Å²) in [6.07, 6.45) is -0.637. The Balaban J connectivity index is 2.82. The van der Waals surface area contributed by atoms with Gasteiger partial charge in [-0.3, -0.25) is 0 Å². The van der Waals surface area contributed by atoms with E-state index in [0.717, 1.165) is 6.42 Å². The van der Waals surface area contributed by atoms with Crippen LogP contribution in [0.4, 0.5) is 0 Å². The van der Waals surface area contributed by atoms with Crippen LogP contribution in [-0.2, 0) is 9.47 Å². The molecule has 4 N–H and O–H groups in total. The molecule has 0 aliphatic carbocycles. The molecule has 0 aromatic carbocycles. The number of hydrogen-bond acceptors (Lipinski definition) is 5. The van der Waals surface area contributed by atoms with Crippen LogP contribution < -0.4 is 5.73 Å². The third-order valence-corrected chi connectivity index (χ3v) is 1.11. The first-order valence-corrected chi connectivity index (χ1v) is 3.99. The molecule has 12 heavy (non-hydrogen) atoms. The van der Waals surface area contributed by atoms with Crippen LogP contribution in [0.2, 0.25) is 0 Å². The molecule has 0 heterocycles. The maximum atomic E-state index is 8.38. The van der Waals surface area contributed by atoms with E-state index in [2.05, 4.69) is 0 Å². The second-order valence-electron chi connectivity index (χ2n) is 2.31. The van der Waals surface area contributed by atoms with Gasteiger partial charge in [0.05, 0.1) is 13.2 Å². The molecule has 0 aromatic heterocycles. The number of aliphatic hydroxyl groups excluding tert-OH is 1. The van der Waals surface area contributed by atoms with Crippen molar-refractivity contribution in [3.05, 3.63) is 0 Å². The number of hydrogen-bond donors (Lipinski definition) is 3. The Kier molecular flexibility index (Phi) is 8.74. The number of rotatable bonds is 8. The molecular weight excluding hydrogens is 162 g/mol. The monoisotopic (exact) mass is 179 g/mol. The van der Waals surface area contributed by atoms with E-state index in [-0.39, 0.29) is 6.61 Å². The molecule has 0 aliphatic heterocycles. The highest BCUT2D eigenvalue weighted by Gasteiger charge is 1.95. The lowest BCUT2D eigenvalue weighted by atomic mass is 10.5. The standard InChI is InChI=1S/C7H17NO4/c8-2-5-11-3-1-4-12-6-7(9)10/h7,9-10H,1-6,8H2. The Morgan fingerprint density at radius 3 is 2.33 bits per heavy atom. The first-order chi connectivity index (χ1) is 5.77. The van der Waals surface area contributed by atoms with Gasteiger partial charge in [0.1, 0.15) is 0 Å². The minimum Gasteiger partial charge on any atom is -0.380 e. The van der Waals surface area contributed by atoms with Crippen LogP contribution in [0.1, 0.15) is 6.42 Å². The molecule has 0 amide bonds. The lowest BCUT2D eigenvalue weighted by Crippen LogP contribution is -2.15. The molecule has 5 heteroatoms. The van der Waals surface area contributed by atoms with E-state index in [0.29, 0.717) is 26.4 Å². The van der Waals surface area contributed by atoms with Gasteiger partial charge in [0.2, 0.25) is 0 Å². The molecule has 0 saturated carbocycles. The highest BCUT2D eigenvalue weighted by atomic mass is 16.5. The quantitative estimate of drug-likeness (QED) is 0.318. The average molecular weight is 179 g/mol. The van der Waals surface area contributed by atoms with Gasteiger partial charge in [-0.25, -0.2) is 0 Å². The van der Waals surface area contributed by atoms with E-state index >= 15 is 0 Å². The summed E-state index contributed by atoms with van der Waals surface area (Å²) in [6.45, 7) is 2.11. The zero-order valence-electron chi connectivity index (χ0n) is 7.11. The molecule has 0 atom stereocenters. The van der Waals surface area contributed by atoms with Crippen molar-refractivity contribution in [1.82, 2.24) is 0 Å². The summed E-state index contributed by atoms with van der Waals surface area (Å²) in [4.78, 5) is 0. The lowest BCUT2D eigenvalue weighted by molar-refractivity contribution is -0.0961. The fourth-order valence-electron chi connectivity index (χ4n) is 0.637. The third kappa shape index (κ3) is 9.80. The van der Waals surface area contributed by atoms with Crippen molar-refractivity contribution in [3.63, 3.8) is 0 Å². The molecular formula is C7H17NO4. The molecule has 5 nitrogen and oxygen atoms in total. The lowest BCUT2D eigenvalue weighted by Gasteiger charge is -2.05. The predicted octanol–water partition coefficient (Wildman–Crippen LogP) is -1.32. The Labute approximate surface area is 72.1 Å². The second kappa shape index (κ2) is 8.89. The molecule has 0 fully saturated rings. The van der Waals surface area contributed by atoms with Crippen molar-refractivity contribution in [2.75, 3.05) is 33.0 Å². The van der Waals surface area contributed by atoms with Crippen molar-refractivity contribution < 1.29 is 19.7 Å². The molecule has 74 valence electrons. The summed E-state index contributed by atoms with van der Waals surface area (Å²) in [6, 6.07) is 0. The van der Waals surface area contributed by atoms with E-state index < -0.39 is 6.29 Å². The normalized spacial score (nSPS) is 11.0. The molecule has 0 radical (unpaired) electrons. The van der Waals surface area contributed by atoms with Gasteiger partial charge in [-0.15, -0.1) is 0 Å². The van der Waals surface area contributed by atoms with Crippen LogP contribution >= 0.6 is 0 Å². The summed E-state index contributed by atoms with van der Waals surface area (Å²) in [5.41, 5.74) is 5.19. The van der Waals surface area contributed by atoms with Gasteiger partial charge in [-0.05, 0) is 6.42 Å². The van der Waals surface area contributed by atoms with Crippen LogP contribution in [0.5, 0.6) is 0 Å². The fraction of sp³-hybridized carbons (Fsp3) is 1.00. The zero-order valence-corrected chi connectivity index (χ0v) is 7.11. The van der Waals surface area contributed by atoms with Gasteiger partial charge in [0.15, 0.2) is 6.29 Å². The molecule has 0 saturated heterocycles. The van der Waals surface area contributed by atoms with Crippen LogP contribution in [0, 0.1) is 0 Å². The van der Waals surface area contributed by atoms with Gasteiger partial charge in [-0.1, -0.05) is 0 Å². The predicted molar refractivity (Wildman–Crippen MR) is 43.5 cm³/mol. The SMILES string of the molecule is NCCOCCCOCC(O)O. The van der Waals surface area contributed by atoms with Crippen molar-refractivity contribution in [3.8, 4) is 0 Å². The molecule has 0 rings (SSSR count). The van der Waals surface area contributed by atoms with Crippen molar-refractivity contribution in [1.29, 1.82) is 0 Å². The van der Waals surface area contributed by atoms with E-state index in [9.17, 15) is 0 Å². The minimum absolute atomic E-state index is 0.0448. The van der Waals surface area contributed by atoms with Gasteiger partial charge in [-0.2, -0.15) is 0 Å². The summed E-state index contributed by atoms with van der Waals surface area (Å²) >= 11 is 0. The van der Waals surface area contributed by atoms with Crippen LogP contribution in [0.3, 0.4) is 0 Å². The summed E-state index contributed by atoms with van der Waals surface area (Å²) in [7, 11) is 0. The second-order valence-corrected chi connectivity index (χ2v) is 2.31. The molecule has 0 spiro atoms. The van der Waals surface area contributed by atoms with Gasteiger partial charge < -0.3 is 25.4 Å². The number of nitrogens with two attached hydrogens (primary N) is 1. The van der Waals surface area contributed by atoms with Crippen molar-refractivity contribution in [2.24, 2.45) is 5.73 Å². The summed E-state index contributed by atoms with van der Waals surface area (Å²) in [5.74, 6) is 0. The number of aliphatic hydroxyl groups is 2. The number of ether oxygens (including phenoxy) is 2. The topological polar surface area (TPSA) is 84.9 Å². The highest BCUT2D eigenvalue weighted by Crippen LogP contribution is 1.86. The maximum Gasteiger partial charge on any atom is 0.175 e. The van der Waals surface area contributed by atoms with Gasteiger partial charge in [0.25, 0.3) is 0 Å². The Bertz CT molecular complexity index is 89.5. The van der Waals surface area contributed by atoms with E-state index in [1.54, 1.807) is 0 Å². The first kappa shape index (κ1) is 11.8. The first-order valence-electron chi connectivity index (χ1n) is 3.99. The Hall–Kier alpha value is -0.200. The maximum absolute atomic E-state index is 8.38. The zero-order chi connectivity index (χ0) is 9.23. The molecule has 0 unspecified atom stereocenters. The fourth-order valence-corrected chi connectivity index (χ4v) is 0.637. The molecule has 0 aromatic rings. The van der Waals surface area contributed by atoms with Crippen LogP contribution in [0.15, 0.2) is 0 Å². The minimum atomic E-state index is -1.38. The summed E-state index contributed by atoms with van der Waals surface area (Å²) in [5, 5.41) is 16.8.